The summed E-state index contributed by atoms with van der Waals surface area (Å²) in [6.45, 7) is 0.409. The van der Waals surface area contributed by atoms with Crippen LogP contribution in [0.5, 0.6) is 0 Å². The molecule has 1 heterocycles. The molecule has 0 aliphatic heterocycles. The fraction of sp³-hybridized carbons (Fsp3) is 0.176. The first-order chi connectivity index (χ1) is 10.2. The first-order valence-corrected chi connectivity index (χ1v) is 8.42. The second-order valence-electron chi connectivity index (χ2n) is 5.03. The Morgan fingerprint density at radius 1 is 1.10 bits per heavy atom. The molecule has 3 N–H and O–H groups in total. The predicted molar refractivity (Wildman–Crippen MR) is 92.7 cm³/mol. The molecule has 21 heavy (non-hydrogen) atoms. The van der Waals surface area contributed by atoms with E-state index in [0.717, 1.165) is 14.9 Å². The minimum atomic E-state index is -0.582. The summed E-state index contributed by atoms with van der Waals surface area (Å²) in [7, 11) is 0. The summed E-state index contributed by atoms with van der Waals surface area (Å²) >= 11 is 5.10. The summed E-state index contributed by atoms with van der Waals surface area (Å²) in [6.07, 6.45) is -0.582. The van der Waals surface area contributed by atoms with E-state index in [1.165, 1.54) is 10.1 Å². The lowest BCUT2D eigenvalue weighted by molar-refractivity contribution is 0.151. The fourth-order valence-electron chi connectivity index (χ4n) is 2.53. The van der Waals surface area contributed by atoms with Gasteiger partial charge in [0.05, 0.1) is 6.10 Å². The Bertz CT molecular complexity index is 722. The van der Waals surface area contributed by atoms with Gasteiger partial charge in [0, 0.05) is 26.5 Å². The van der Waals surface area contributed by atoms with Crippen LogP contribution < -0.4 is 5.73 Å². The summed E-state index contributed by atoms with van der Waals surface area (Å²) in [5.74, 6) is -0.101. The lowest BCUT2D eigenvalue weighted by atomic mass is 9.92. The molecule has 0 saturated heterocycles. The van der Waals surface area contributed by atoms with Crippen molar-refractivity contribution in [1.82, 2.24) is 0 Å². The normalized spacial score (nSPS) is 14.2. The van der Waals surface area contributed by atoms with E-state index in [0.29, 0.717) is 6.54 Å². The summed E-state index contributed by atoms with van der Waals surface area (Å²) in [6, 6.07) is 18.2. The van der Waals surface area contributed by atoms with E-state index < -0.39 is 6.10 Å². The molecule has 0 radical (unpaired) electrons. The summed E-state index contributed by atoms with van der Waals surface area (Å²) in [4.78, 5) is 0.964. The van der Waals surface area contributed by atoms with E-state index >= 15 is 0 Å². The number of nitrogens with two attached hydrogens (primary N) is 1. The van der Waals surface area contributed by atoms with Crippen LogP contribution in [-0.2, 0) is 0 Å². The van der Waals surface area contributed by atoms with Crippen LogP contribution in [0.15, 0.2) is 59.1 Å². The Kier molecular flexibility index (Phi) is 4.40. The maximum absolute atomic E-state index is 10.7. The van der Waals surface area contributed by atoms with Crippen molar-refractivity contribution >= 4 is 37.4 Å². The van der Waals surface area contributed by atoms with Gasteiger partial charge in [0.15, 0.2) is 0 Å². The van der Waals surface area contributed by atoms with Gasteiger partial charge >= 0.3 is 0 Å². The molecule has 0 fully saturated rings. The number of halogens is 1. The van der Waals surface area contributed by atoms with Gasteiger partial charge in [-0.25, -0.2) is 0 Å². The number of aliphatic hydroxyl groups excluding tert-OH is 1. The van der Waals surface area contributed by atoms with Gasteiger partial charge in [-0.2, -0.15) is 0 Å². The largest absolute Gasteiger partial charge is 0.387 e. The van der Waals surface area contributed by atoms with E-state index in [9.17, 15) is 5.11 Å². The van der Waals surface area contributed by atoms with Crippen molar-refractivity contribution in [1.29, 1.82) is 0 Å². The molecule has 2 atom stereocenters. The van der Waals surface area contributed by atoms with Gasteiger partial charge in [0.25, 0.3) is 0 Å². The van der Waals surface area contributed by atoms with E-state index in [-0.39, 0.29) is 5.92 Å². The van der Waals surface area contributed by atoms with Gasteiger partial charge in [0.1, 0.15) is 0 Å². The maximum atomic E-state index is 10.7. The predicted octanol–water partition coefficient (Wildman–Crippen LogP) is 4.44. The van der Waals surface area contributed by atoms with Crippen LogP contribution in [0, 0.1) is 0 Å². The molecule has 0 spiro atoms. The zero-order valence-electron chi connectivity index (χ0n) is 11.4. The first kappa shape index (κ1) is 14.7. The maximum Gasteiger partial charge on any atom is 0.0962 e. The van der Waals surface area contributed by atoms with Crippen molar-refractivity contribution in [3.63, 3.8) is 0 Å². The monoisotopic (exact) mass is 361 g/mol. The molecule has 0 amide bonds. The molecule has 4 heteroatoms. The summed E-state index contributed by atoms with van der Waals surface area (Å²) in [5, 5.41) is 11.9. The van der Waals surface area contributed by atoms with Crippen molar-refractivity contribution in [2.45, 2.75) is 12.0 Å². The van der Waals surface area contributed by atoms with Gasteiger partial charge in [-0.3, -0.25) is 0 Å². The minimum Gasteiger partial charge on any atom is -0.387 e. The average Bonchev–Trinajstić information content (AvgIpc) is 2.92. The molecule has 1 aromatic heterocycles. The molecule has 0 aliphatic carbocycles. The molecule has 0 bridgehead atoms. The highest BCUT2D eigenvalue weighted by atomic mass is 79.9. The Morgan fingerprint density at radius 3 is 2.62 bits per heavy atom. The number of rotatable bonds is 4. The molecule has 0 saturated carbocycles. The number of thiophene rings is 1. The molecule has 0 aliphatic rings. The van der Waals surface area contributed by atoms with Crippen molar-refractivity contribution in [2.24, 2.45) is 5.73 Å². The third kappa shape index (κ3) is 3.04. The van der Waals surface area contributed by atoms with Gasteiger partial charge in [-0.15, -0.1) is 11.3 Å². The van der Waals surface area contributed by atoms with Crippen LogP contribution in [0.4, 0.5) is 0 Å². The van der Waals surface area contributed by atoms with Crippen LogP contribution in [0.25, 0.3) is 10.1 Å². The van der Waals surface area contributed by atoms with Crippen molar-refractivity contribution in [3.05, 3.63) is 69.5 Å². The SMILES string of the molecule is NCC(c1cccc(Br)c1)C(O)c1cc2ccccc2s1. The molecular formula is C17H16BrNOS. The quantitative estimate of drug-likeness (QED) is 0.721. The second-order valence-corrected chi connectivity index (χ2v) is 7.06. The highest BCUT2D eigenvalue weighted by Gasteiger charge is 2.23. The Morgan fingerprint density at radius 2 is 1.90 bits per heavy atom. The highest BCUT2D eigenvalue weighted by molar-refractivity contribution is 9.10. The average molecular weight is 362 g/mol. The van der Waals surface area contributed by atoms with E-state index in [4.69, 9.17) is 5.73 Å². The fourth-order valence-corrected chi connectivity index (χ4v) is 4.06. The Labute approximate surface area is 136 Å². The minimum absolute atomic E-state index is 0.101. The Balaban J connectivity index is 1.96. The molecular weight excluding hydrogens is 346 g/mol. The zero-order valence-corrected chi connectivity index (χ0v) is 13.8. The lowest BCUT2D eigenvalue weighted by Gasteiger charge is -2.21. The standard InChI is InChI=1S/C17H16BrNOS/c18-13-6-3-5-11(8-13)14(10-19)17(20)16-9-12-4-1-2-7-15(12)21-16/h1-9,14,17,20H,10,19H2. The van der Waals surface area contributed by atoms with Crippen LogP contribution in [0.2, 0.25) is 0 Å². The third-order valence-corrected chi connectivity index (χ3v) is 5.33. The topological polar surface area (TPSA) is 46.2 Å². The Hall–Kier alpha value is -1.20. The highest BCUT2D eigenvalue weighted by Crippen LogP contribution is 2.37. The first-order valence-electron chi connectivity index (χ1n) is 6.81. The van der Waals surface area contributed by atoms with Gasteiger partial charge in [0.2, 0.25) is 0 Å². The van der Waals surface area contributed by atoms with Gasteiger partial charge in [-0.1, -0.05) is 46.3 Å². The van der Waals surface area contributed by atoms with E-state index in [2.05, 4.69) is 34.1 Å². The summed E-state index contributed by atoms with van der Waals surface area (Å²) < 4.78 is 2.19. The summed E-state index contributed by atoms with van der Waals surface area (Å²) in [5.41, 5.74) is 6.97. The molecule has 2 aromatic carbocycles. The van der Waals surface area contributed by atoms with E-state index in [1.807, 2.05) is 36.4 Å². The number of hydrogen-bond acceptors (Lipinski definition) is 3. The molecule has 2 unspecified atom stereocenters. The molecule has 108 valence electrons. The van der Waals surface area contributed by atoms with Crippen molar-refractivity contribution in [3.8, 4) is 0 Å². The smallest absolute Gasteiger partial charge is 0.0962 e. The van der Waals surface area contributed by atoms with E-state index in [1.54, 1.807) is 11.3 Å². The molecule has 3 aromatic rings. The van der Waals surface area contributed by atoms with Gasteiger partial charge in [-0.05, 0) is 35.2 Å². The van der Waals surface area contributed by atoms with Crippen LogP contribution in [0.3, 0.4) is 0 Å². The zero-order chi connectivity index (χ0) is 14.8. The van der Waals surface area contributed by atoms with Crippen molar-refractivity contribution < 1.29 is 5.11 Å². The number of fused-ring (bicyclic) bond motifs is 1. The number of hydrogen-bond donors (Lipinski definition) is 2. The van der Waals surface area contributed by atoms with Crippen LogP contribution in [-0.4, -0.2) is 11.7 Å². The lowest BCUT2D eigenvalue weighted by Crippen LogP contribution is -2.19. The number of aliphatic hydroxyl groups is 1. The third-order valence-electron chi connectivity index (χ3n) is 3.65. The van der Waals surface area contributed by atoms with Crippen LogP contribution in [0.1, 0.15) is 22.5 Å². The molecule has 3 rings (SSSR count). The number of benzene rings is 2. The second kappa shape index (κ2) is 6.28. The van der Waals surface area contributed by atoms with Crippen LogP contribution >= 0.6 is 27.3 Å². The van der Waals surface area contributed by atoms with Gasteiger partial charge < -0.3 is 10.8 Å². The molecule has 2 nitrogen and oxygen atoms in total. The van der Waals surface area contributed by atoms with Crippen molar-refractivity contribution in [2.75, 3.05) is 6.54 Å².